The molecule has 0 radical (unpaired) electrons. The van der Waals surface area contributed by atoms with E-state index in [0.29, 0.717) is 0 Å². The van der Waals surface area contributed by atoms with Crippen LogP contribution in [0.5, 0.6) is 11.5 Å². The van der Waals surface area contributed by atoms with Crippen molar-refractivity contribution < 1.29 is 19.7 Å². The zero-order chi connectivity index (χ0) is 10.9. The molecule has 1 rings (SSSR count). The summed E-state index contributed by atoms with van der Waals surface area (Å²) in [5.41, 5.74) is 5.35. The summed E-state index contributed by atoms with van der Waals surface area (Å²) in [4.78, 5) is 0. The molecule has 5 heteroatoms. The van der Waals surface area contributed by atoms with Crippen molar-refractivity contribution in [2.24, 2.45) is 5.73 Å². The Hall–Kier alpha value is -1.33. The minimum atomic E-state index is -1.16. The lowest BCUT2D eigenvalue weighted by molar-refractivity contribution is 0.148. The number of aliphatic hydroxyl groups is 1. The number of phenolic OH excluding ortho intramolecular Hbond substituents is 2. The monoisotopic (exact) mass is 201 g/mol. The van der Waals surface area contributed by atoms with Crippen LogP contribution in [0.15, 0.2) is 12.1 Å². The van der Waals surface area contributed by atoms with Gasteiger partial charge in [-0.2, -0.15) is 4.39 Å². The van der Waals surface area contributed by atoms with Crippen molar-refractivity contribution in [3.63, 3.8) is 0 Å². The molecule has 0 saturated heterocycles. The highest BCUT2D eigenvalue weighted by Gasteiger charge is 2.20. The number of rotatable bonds is 2. The lowest BCUT2D eigenvalue weighted by Gasteiger charge is -2.16. The van der Waals surface area contributed by atoms with Crippen LogP contribution in [0, 0.1) is 5.82 Å². The van der Waals surface area contributed by atoms with Gasteiger partial charge in [-0.1, -0.05) is 0 Å². The van der Waals surface area contributed by atoms with Crippen LogP contribution < -0.4 is 5.73 Å². The maximum atomic E-state index is 13.0. The Morgan fingerprint density at radius 2 is 1.93 bits per heavy atom. The van der Waals surface area contributed by atoms with Crippen LogP contribution in [0.3, 0.4) is 0 Å². The smallest absolute Gasteiger partial charge is 0.206 e. The molecule has 0 saturated carbocycles. The summed E-state index contributed by atoms with van der Waals surface area (Å²) in [6, 6.07) is 1.64. The molecule has 0 heterocycles. The van der Waals surface area contributed by atoms with E-state index in [1.54, 1.807) is 0 Å². The van der Waals surface area contributed by atoms with Gasteiger partial charge in [0.2, 0.25) is 5.82 Å². The first-order chi connectivity index (χ1) is 6.45. The standard InChI is InChI=1S/C9H12FNO3/c1-4(11)8(13)5-2-3-6(12)7(10)9(5)14/h2-4,8,12-14H,11H2,1H3. The minimum absolute atomic E-state index is 0.0321. The summed E-state index contributed by atoms with van der Waals surface area (Å²) in [6.45, 7) is 1.52. The van der Waals surface area contributed by atoms with Crippen LogP contribution in [0.25, 0.3) is 0 Å². The molecule has 14 heavy (non-hydrogen) atoms. The molecule has 0 amide bonds. The number of aromatic hydroxyl groups is 2. The molecule has 2 atom stereocenters. The van der Waals surface area contributed by atoms with Crippen molar-refractivity contribution >= 4 is 0 Å². The molecular weight excluding hydrogens is 189 g/mol. The molecule has 78 valence electrons. The number of benzene rings is 1. The zero-order valence-electron chi connectivity index (χ0n) is 7.61. The van der Waals surface area contributed by atoms with Crippen molar-refractivity contribution in [2.75, 3.05) is 0 Å². The van der Waals surface area contributed by atoms with Gasteiger partial charge in [0, 0.05) is 11.6 Å². The van der Waals surface area contributed by atoms with Gasteiger partial charge >= 0.3 is 0 Å². The average Bonchev–Trinajstić information content (AvgIpc) is 2.13. The molecule has 1 aromatic rings. The molecule has 0 bridgehead atoms. The van der Waals surface area contributed by atoms with Crippen LogP contribution in [-0.2, 0) is 0 Å². The van der Waals surface area contributed by atoms with Crippen molar-refractivity contribution in [1.82, 2.24) is 0 Å². The maximum absolute atomic E-state index is 13.0. The summed E-state index contributed by atoms with van der Waals surface area (Å²) in [5, 5.41) is 27.6. The summed E-state index contributed by atoms with van der Waals surface area (Å²) in [7, 11) is 0. The summed E-state index contributed by atoms with van der Waals surface area (Å²) < 4.78 is 13.0. The van der Waals surface area contributed by atoms with Gasteiger partial charge in [0.05, 0.1) is 6.10 Å². The topological polar surface area (TPSA) is 86.7 Å². The van der Waals surface area contributed by atoms with Crippen LogP contribution in [0.2, 0.25) is 0 Å². The van der Waals surface area contributed by atoms with Crippen molar-refractivity contribution in [3.05, 3.63) is 23.5 Å². The second kappa shape index (κ2) is 3.81. The number of hydrogen-bond acceptors (Lipinski definition) is 4. The molecule has 0 aliphatic heterocycles. The fourth-order valence-electron chi connectivity index (χ4n) is 1.09. The third-order valence-electron chi connectivity index (χ3n) is 1.94. The largest absolute Gasteiger partial charge is 0.505 e. The van der Waals surface area contributed by atoms with Gasteiger partial charge in [-0.15, -0.1) is 0 Å². The van der Waals surface area contributed by atoms with Gasteiger partial charge in [0.1, 0.15) is 0 Å². The average molecular weight is 201 g/mol. The molecule has 5 N–H and O–H groups in total. The molecule has 0 fully saturated rings. The second-order valence-corrected chi connectivity index (χ2v) is 3.14. The van der Waals surface area contributed by atoms with E-state index in [-0.39, 0.29) is 5.56 Å². The fraction of sp³-hybridized carbons (Fsp3) is 0.333. The number of aliphatic hydroxyl groups excluding tert-OH is 1. The molecular formula is C9H12FNO3. The van der Waals surface area contributed by atoms with E-state index in [1.807, 2.05) is 0 Å². The Morgan fingerprint density at radius 1 is 1.36 bits per heavy atom. The Labute approximate surface area is 80.4 Å². The predicted molar refractivity (Wildman–Crippen MR) is 48.3 cm³/mol. The van der Waals surface area contributed by atoms with Crippen LogP contribution in [-0.4, -0.2) is 21.4 Å². The van der Waals surface area contributed by atoms with E-state index >= 15 is 0 Å². The predicted octanol–water partition coefficient (Wildman–Crippen LogP) is 0.617. The van der Waals surface area contributed by atoms with Crippen molar-refractivity contribution in [2.45, 2.75) is 19.1 Å². The van der Waals surface area contributed by atoms with Gasteiger partial charge in [0.15, 0.2) is 11.5 Å². The van der Waals surface area contributed by atoms with Gasteiger partial charge in [0.25, 0.3) is 0 Å². The quantitative estimate of drug-likeness (QED) is 0.565. The van der Waals surface area contributed by atoms with Gasteiger partial charge in [-0.05, 0) is 19.1 Å². The van der Waals surface area contributed by atoms with Gasteiger partial charge < -0.3 is 21.1 Å². The molecule has 0 aromatic heterocycles. The number of halogens is 1. The summed E-state index contributed by atoms with van der Waals surface area (Å²) in [5.74, 6) is -2.58. The fourth-order valence-corrected chi connectivity index (χ4v) is 1.09. The van der Waals surface area contributed by atoms with Crippen LogP contribution in [0.4, 0.5) is 4.39 Å². The van der Waals surface area contributed by atoms with Crippen LogP contribution in [0.1, 0.15) is 18.6 Å². The zero-order valence-corrected chi connectivity index (χ0v) is 7.61. The highest BCUT2D eigenvalue weighted by atomic mass is 19.1. The van der Waals surface area contributed by atoms with E-state index < -0.39 is 29.5 Å². The number of phenols is 2. The minimum Gasteiger partial charge on any atom is -0.505 e. The first kappa shape index (κ1) is 10.7. The first-order valence-electron chi connectivity index (χ1n) is 4.09. The third-order valence-corrected chi connectivity index (χ3v) is 1.94. The molecule has 0 spiro atoms. The van der Waals surface area contributed by atoms with E-state index in [2.05, 4.69) is 0 Å². The number of nitrogens with two attached hydrogens (primary N) is 1. The van der Waals surface area contributed by atoms with E-state index in [0.717, 1.165) is 6.07 Å². The SMILES string of the molecule is CC(N)C(O)c1ccc(O)c(F)c1O. The molecule has 0 aliphatic carbocycles. The normalized spacial score (nSPS) is 15.1. The van der Waals surface area contributed by atoms with Crippen molar-refractivity contribution in [3.8, 4) is 11.5 Å². The Morgan fingerprint density at radius 3 is 2.43 bits per heavy atom. The maximum Gasteiger partial charge on any atom is 0.206 e. The van der Waals surface area contributed by atoms with E-state index in [4.69, 9.17) is 10.8 Å². The van der Waals surface area contributed by atoms with E-state index in [9.17, 15) is 14.6 Å². The molecule has 1 aromatic carbocycles. The Balaban J connectivity index is 3.17. The third kappa shape index (κ3) is 1.78. The van der Waals surface area contributed by atoms with Crippen LogP contribution >= 0.6 is 0 Å². The Kier molecular flexibility index (Phi) is 2.93. The molecule has 2 unspecified atom stereocenters. The highest BCUT2D eigenvalue weighted by molar-refractivity contribution is 5.42. The van der Waals surface area contributed by atoms with Gasteiger partial charge in [-0.3, -0.25) is 0 Å². The lowest BCUT2D eigenvalue weighted by Crippen LogP contribution is -2.24. The lowest BCUT2D eigenvalue weighted by atomic mass is 10.0. The summed E-state index contributed by atoms with van der Waals surface area (Å²) >= 11 is 0. The second-order valence-electron chi connectivity index (χ2n) is 3.14. The van der Waals surface area contributed by atoms with Gasteiger partial charge in [-0.25, -0.2) is 0 Å². The first-order valence-corrected chi connectivity index (χ1v) is 4.09. The Bertz CT molecular complexity index is 341. The van der Waals surface area contributed by atoms with Crippen molar-refractivity contribution in [1.29, 1.82) is 0 Å². The summed E-state index contributed by atoms with van der Waals surface area (Å²) in [6.07, 6.45) is -1.16. The highest BCUT2D eigenvalue weighted by Crippen LogP contribution is 2.32. The van der Waals surface area contributed by atoms with E-state index in [1.165, 1.54) is 13.0 Å². The molecule has 0 aliphatic rings. The number of hydrogen-bond donors (Lipinski definition) is 4. The molecule has 4 nitrogen and oxygen atoms in total.